The molecule has 4 aromatic carbocycles. The zero-order chi connectivity index (χ0) is 32.3. The molecule has 0 fully saturated rings. The third kappa shape index (κ3) is 4.52. The third-order valence-corrected chi connectivity index (χ3v) is 11.2. The fraction of sp³-hybridized carbons (Fsp3) is 0. The second kappa shape index (κ2) is 11.3. The lowest BCUT2D eigenvalue weighted by Crippen LogP contribution is -2.40. The van der Waals surface area contributed by atoms with E-state index in [0.717, 1.165) is 89.4 Å². The van der Waals surface area contributed by atoms with Gasteiger partial charge in [0.15, 0.2) is 0 Å². The van der Waals surface area contributed by atoms with Gasteiger partial charge in [-0.3, -0.25) is 0 Å². The van der Waals surface area contributed by atoms with Gasteiger partial charge in [-0.25, -0.2) is 9.98 Å². The highest BCUT2D eigenvalue weighted by Crippen LogP contribution is 2.38. The molecule has 2 aromatic heterocycles. The van der Waals surface area contributed by atoms with E-state index in [1.165, 1.54) is 0 Å². The van der Waals surface area contributed by atoms with Crippen LogP contribution < -0.4 is 10.7 Å². The predicted octanol–water partition coefficient (Wildman–Crippen LogP) is 7.19. The highest BCUT2D eigenvalue weighted by Gasteiger charge is 2.29. The summed E-state index contributed by atoms with van der Waals surface area (Å²) in [6, 6.07) is 52.0. The van der Waals surface area contributed by atoms with E-state index in [1.54, 1.807) is 0 Å². The molecule has 6 bridgehead atoms. The molecule has 0 aliphatic carbocycles. The number of aliphatic imine (C=N–C) groups is 2. The smallest absolute Gasteiger partial charge is 0.420 e. The summed E-state index contributed by atoms with van der Waals surface area (Å²) in [7, 11) is 0. The third-order valence-electron chi connectivity index (χ3n) is 9.65. The van der Waals surface area contributed by atoms with Crippen LogP contribution >= 0.6 is 0 Å². The summed E-state index contributed by atoms with van der Waals surface area (Å²) in [6.45, 7) is 0. The molecular weight excluding hydrogens is 611 g/mol. The maximum atomic E-state index is 5.44. The SMILES string of the molecule is C1=CC2=C(c3ccccc3)c3ccc4[n]3[Al][n]3c(ccc3=C(c3ccccc3)C3=NC(=C4c4ccccc4)C=C3)=C(c3ccccc3)C1=N2. The van der Waals surface area contributed by atoms with Crippen LogP contribution in [0.25, 0.3) is 22.3 Å². The van der Waals surface area contributed by atoms with Crippen molar-refractivity contribution in [3.63, 3.8) is 0 Å². The summed E-state index contributed by atoms with van der Waals surface area (Å²) in [5.74, 6) is 0. The van der Waals surface area contributed by atoms with Gasteiger partial charge in [-0.1, -0.05) is 121 Å². The van der Waals surface area contributed by atoms with Crippen LogP contribution in [-0.4, -0.2) is 34.2 Å². The summed E-state index contributed by atoms with van der Waals surface area (Å²) in [5.41, 5.74) is 15.3. The van der Waals surface area contributed by atoms with Crippen molar-refractivity contribution in [3.05, 3.63) is 226 Å². The van der Waals surface area contributed by atoms with Crippen molar-refractivity contribution in [2.45, 2.75) is 0 Å². The average Bonchev–Trinajstić information content (AvgIpc) is 3.98. The van der Waals surface area contributed by atoms with E-state index >= 15 is 0 Å². The molecule has 0 saturated carbocycles. The number of hydrogen-bond donors (Lipinski definition) is 0. The number of nitrogens with zero attached hydrogens (tertiary/aromatic N) is 4. The van der Waals surface area contributed by atoms with Crippen LogP contribution in [0.2, 0.25) is 0 Å². The molecule has 10 rings (SSSR count). The van der Waals surface area contributed by atoms with E-state index in [1.807, 2.05) is 0 Å². The van der Waals surface area contributed by atoms with Gasteiger partial charge in [0.05, 0.1) is 22.8 Å². The molecule has 0 spiro atoms. The fourth-order valence-electron chi connectivity index (χ4n) is 7.48. The summed E-state index contributed by atoms with van der Waals surface area (Å²) in [6.07, 6.45) is 8.77. The van der Waals surface area contributed by atoms with Gasteiger partial charge in [-0.05, 0) is 70.8 Å². The molecular formula is C44H28AlN4. The predicted molar refractivity (Wildman–Crippen MR) is 201 cm³/mol. The molecule has 49 heavy (non-hydrogen) atoms. The normalized spacial score (nSPS) is 15.8. The van der Waals surface area contributed by atoms with Gasteiger partial charge < -0.3 is 7.10 Å². The Morgan fingerprint density at radius 1 is 0.347 bits per heavy atom. The minimum absolute atomic E-state index is 0.533. The molecule has 5 heteroatoms. The van der Waals surface area contributed by atoms with Gasteiger partial charge in [-0.15, -0.1) is 0 Å². The topological polar surface area (TPSA) is 34.6 Å². The number of fused-ring (bicyclic) bond motifs is 2. The molecule has 4 nitrogen and oxygen atoms in total. The van der Waals surface area contributed by atoms with Crippen LogP contribution in [0.1, 0.15) is 33.6 Å². The van der Waals surface area contributed by atoms with Crippen LogP contribution in [-0.2, 0) is 0 Å². The Balaban J connectivity index is 1.43. The first-order valence-corrected chi connectivity index (χ1v) is 17.6. The second-order valence-corrected chi connectivity index (χ2v) is 13.7. The Labute approximate surface area is 290 Å². The van der Waals surface area contributed by atoms with Gasteiger partial charge >= 0.3 is 15.7 Å². The number of hydrogen-bond acceptors (Lipinski definition) is 2. The average molecular weight is 640 g/mol. The van der Waals surface area contributed by atoms with Gasteiger partial charge in [0.1, 0.15) is 0 Å². The first-order chi connectivity index (χ1) is 24.3. The number of allylic oxidation sites excluding steroid dienone is 4. The van der Waals surface area contributed by atoms with Crippen LogP contribution in [0.15, 0.2) is 191 Å². The molecule has 4 aliphatic rings. The maximum Gasteiger partial charge on any atom is 0.564 e. The van der Waals surface area contributed by atoms with Crippen molar-refractivity contribution in [2.75, 3.05) is 0 Å². The van der Waals surface area contributed by atoms with Crippen molar-refractivity contribution in [3.8, 4) is 0 Å². The molecule has 0 unspecified atom stereocenters. The molecule has 0 saturated heterocycles. The minimum Gasteiger partial charge on any atom is -0.420 e. The number of benzene rings is 4. The summed E-state index contributed by atoms with van der Waals surface area (Å²) in [5, 5.41) is 2.30. The van der Waals surface area contributed by atoms with Crippen LogP contribution in [0.5, 0.6) is 0 Å². The van der Waals surface area contributed by atoms with E-state index in [2.05, 4.69) is 177 Å². The van der Waals surface area contributed by atoms with E-state index in [0.29, 0.717) is 0 Å². The van der Waals surface area contributed by atoms with Crippen LogP contribution in [0, 0.1) is 0 Å². The molecule has 4 aliphatic heterocycles. The maximum absolute atomic E-state index is 5.44. The van der Waals surface area contributed by atoms with Gasteiger partial charge in [0, 0.05) is 44.4 Å². The quantitative estimate of drug-likeness (QED) is 0.183. The van der Waals surface area contributed by atoms with Crippen LogP contribution in [0.3, 0.4) is 0 Å². The number of aromatic nitrogens is 2. The van der Waals surface area contributed by atoms with Gasteiger partial charge in [0.2, 0.25) is 0 Å². The van der Waals surface area contributed by atoms with Crippen molar-refractivity contribution >= 4 is 49.4 Å². The molecule has 6 heterocycles. The Morgan fingerprint density at radius 3 is 1.10 bits per heavy atom. The summed E-state index contributed by atoms with van der Waals surface area (Å²) < 4.78 is 5.12. The summed E-state index contributed by atoms with van der Waals surface area (Å²) >= 11 is -0.533. The molecule has 6 aromatic rings. The van der Waals surface area contributed by atoms with Crippen molar-refractivity contribution in [1.29, 1.82) is 0 Å². The first kappa shape index (κ1) is 28.1. The standard InChI is InChI=1S/C44H28N4.Al/c1-5-13-29(14-6-1)41-33-21-23-35(45-33)42(30-15-7-2-8-16-30)37-25-27-39(47-37)44(32-19-11-4-12-20-32)40-28-26-38(48-40)43(31-17-9-3-10-18-31)36-24-22-34(41)46-36;/h1-28H;/q-2;+2. The van der Waals surface area contributed by atoms with E-state index in [4.69, 9.17) is 9.98 Å². The Bertz CT molecular complexity index is 2450. The lowest BCUT2D eigenvalue weighted by atomic mass is 10.0. The lowest BCUT2D eigenvalue weighted by Gasteiger charge is -2.22. The van der Waals surface area contributed by atoms with E-state index < -0.39 is 15.7 Å². The minimum atomic E-state index is -0.533. The first-order valence-electron chi connectivity index (χ1n) is 16.6. The van der Waals surface area contributed by atoms with E-state index in [9.17, 15) is 0 Å². The Morgan fingerprint density at radius 2 is 0.714 bits per heavy atom. The fourth-order valence-corrected chi connectivity index (χ4v) is 9.07. The van der Waals surface area contributed by atoms with Crippen LogP contribution in [0.4, 0.5) is 0 Å². The Hall–Kier alpha value is -5.99. The second-order valence-electron chi connectivity index (χ2n) is 12.5. The lowest BCUT2D eigenvalue weighted by molar-refractivity contribution is 1.02. The van der Waals surface area contributed by atoms with Gasteiger partial charge in [0.25, 0.3) is 0 Å². The molecule has 0 atom stereocenters. The molecule has 0 amide bonds. The Kier molecular flexibility index (Phi) is 6.48. The highest BCUT2D eigenvalue weighted by atomic mass is 27.1. The molecule has 1 radical (unpaired) electrons. The molecule has 0 N–H and O–H groups in total. The summed E-state index contributed by atoms with van der Waals surface area (Å²) in [4.78, 5) is 10.9. The van der Waals surface area contributed by atoms with Gasteiger partial charge in [-0.2, -0.15) is 0 Å². The largest absolute Gasteiger partial charge is 0.564 e. The van der Waals surface area contributed by atoms with Crippen molar-refractivity contribution in [2.24, 2.45) is 9.98 Å². The van der Waals surface area contributed by atoms with Crippen molar-refractivity contribution < 1.29 is 0 Å². The monoisotopic (exact) mass is 639 g/mol. The zero-order valence-electron chi connectivity index (χ0n) is 26.5. The van der Waals surface area contributed by atoms with E-state index in [-0.39, 0.29) is 0 Å². The zero-order valence-corrected chi connectivity index (χ0v) is 27.7. The number of rotatable bonds is 4. The highest BCUT2D eigenvalue weighted by molar-refractivity contribution is 6.37. The van der Waals surface area contributed by atoms with Crippen molar-refractivity contribution in [1.82, 2.24) is 7.10 Å². The molecule has 227 valence electrons.